The first-order valence-electron chi connectivity index (χ1n) is 10.5. The fourth-order valence-corrected chi connectivity index (χ4v) is 4.72. The van der Waals surface area contributed by atoms with Gasteiger partial charge in [-0.05, 0) is 37.1 Å². The number of amides is 1. The number of anilines is 1. The van der Waals surface area contributed by atoms with Crippen molar-refractivity contribution in [2.45, 2.75) is 20.4 Å². The average Bonchev–Trinajstić information content (AvgIpc) is 3.43. The van der Waals surface area contributed by atoms with Crippen molar-refractivity contribution in [1.29, 1.82) is 0 Å². The summed E-state index contributed by atoms with van der Waals surface area (Å²) in [7, 11) is 0. The molecular weight excluding hydrogens is 476 g/mol. The molecular formula is C24H17F2N5O3S. The Kier molecular flexibility index (Phi) is 5.69. The van der Waals surface area contributed by atoms with Crippen LogP contribution in [-0.4, -0.2) is 25.6 Å². The summed E-state index contributed by atoms with van der Waals surface area (Å²) in [6.07, 6.45) is 1.25. The molecule has 0 fully saturated rings. The number of aryl methyl sites for hydroxylation is 2. The van der Waals surface area contributed by atoms with Crippen LogP contribution in [0.15, 0.2) is 58.1 Å². The molecule has 35 heavy (non-hydrogen) atoms. The lowest BCUT2D eigenvalue weighted by molar-refractivity contribution is -0.116. The summed E-state index contributed by atoms with van der Waals surface area (Å²) in [6.45, 7) is 3.29. The van der Waals surface area contributed by atoms with Crippen molar-refractivity contribution in [2.24, 2.45) is 0 Å². The van der Waals surface area contributed by atoms with Gasteiger partial charge in [-0.25, -0.2) is 13.8 Å². The van der Waals surface area contributed by atoms with Crippen molar-refractivity contribution in [3.8, 4) is 22.2 Å². The van der Waals surface area contributed by atoms with Gasteiger partial charge < -0.3 is 9.84 Å². The number of hydrogen-bond donors (Lipinski definition) is 1. The Balaban J connectivity index is 1.44. The molecule has 0 bridgehead atoms. The van der Waals surface area contributed by atoms with Crippen LogP contribution < -0.4 is 10.9 Å². The van der Waals surface area contributed by atoms with Crippen LogP contribution in [0.25, 0.3) is 32.4 Å². The first-order chi connectivity index (χ1) is 16.8. The highest BCUT2D eigenvalue weighted by Crippen LogP contribution is 2.35. The van der Waals surface area contributed by atoms with E-state index in [1.807, 2.05) is 31.2 Å². The molecule has 0 saturated heterocycles. The van der Waals surface area contributed by atoms with E-state index in [0.717, 1.165) is 27.8 Å². The van der Waals surface area contributed by atoms with Crippen molar-refractivity contribution in [3.63, 3.8) is 0 Å². The number of hydrogen-bond acceptors (Lipinski definition) is 7. The Hall–Kier alpha value is -4.25. The number of rotatable bonds is 5. The van der Waals surface area contributed by atoms with Gasteiger partial charge in [0.1, 0.15) is 23.0 Å². The van der Waals surface area contributed by atoms with Gasteiger partial charge in [0, 0.05) is 11.6 Å². The molecule has 0 aliphatic carbocycles. The van der Waals surface area contributed by atoms with E-state index in [4.69, 9.17) is 4.52 Å². The number of fused-ring (bicyclic) bond motifs is 1. The van der Waals surface area contributed by atoms with E-state index < -0.39 is 29.6 Å². The smallest absolute Gasteiger partial charge is 0.268 e. The van der Waals surface area contributed by atoms with Gasteiger partial charge >= 0.3 is 0 Å². The monoisotopic (exact) mass is 493 g/mol. The number of nitrogens with zero attached hydrogens (tertiary/aromatic N) is 4. The normalized spacial score (nSPS) is 11.2. The standard InChI is InChI=1S/C24H17F2N5O3S/c1-12-5-3-4-6-15(12)21-29-22(34-30-21)20-13(2)19-23(35-20)27-11-31(24(19)33)10-18(32)28-17-8-7-14(25)9-16(17)26/h3-9,11H,10H2,1-2H3,(H,28,32). The third kappa shape index (κ3) is 4.21. The second-order valence-corrected chi connectivity index (χ2v) is 8.82. The number of carbonyl (C=O) groups is 1. The summed E-state index contributed by atoms with van der Waals surface area (Å²) in [6, 6.07) is 10.4. The predicted molar refractivity (Wildman–Crippen MR) is 127 cm³/mol. The van der Waals surface area contributed by atoms with Crippen molar-refractivity contribution >= 4 is 33.1 Å². The first kappa shape index (κ1) is 22.5. The molecule has 5 rings (SSSR count). The lowest BCUT2D eigenvalue weighted by atomic mass is 10.1. The Morgan fingerprint density at radius 3 is 2.74 bits per heavy atom. The van der Waals surface area contributed by atoms with Crippen molar-refractivity contribution in [1.82, 2.24) is 19.7 Å². The summed E-state index contributed by atoms with van der Waals surface area (Å²) >= 11 is 1.23. The summed E-state index contributed by atoms with van der Waals surface area (Å²) in [5, 5.41) is 6.73. The summed E-state index contributed by atoms with van der Waals surface area (Å²) < 4.78 is 33.5. The fourth-order valence-electron chi connectivity index (χ4n) is 3.66. The Morgan fingerprint density at radius 1 is 1.17 bits per heavy atom. The van der Waals surface area contributed by atoms with E-state index in [9.17, 15) is 18.4 Å². The highest BCUT2D eigenvalue weighted by atomic mass is 32.1. The number of aromatic nitrogens is 4. The van der Waals surface area contributed by atoms with Gasteiger partial charge in [-0.15, -0.1) is 11.3 Å². The predicted octanol–water partition coefficient (Wildman–Crippen LogP) is 4.71. The van der Waals surface area contributed by atoms with E-state index in [0.29, 0.717) is 32.5 Å². The maximum Gasteiger partial charge on any atom is 0.268 e. The van der Waals surface area contributed by atoms with E-state index in [2.05, 4.69) is 20.4 Å². The van der Waals surface area contributed by atoms with E-state index in [1.54, 1.807) is 6.92 Å². The lowest BCUT2D eigenvalue weighted by Gasteiger charge is -2.08. The van der Waals surface area contributed by atoms with Crippen LogP contribution in [-0.2, 0) is 11.3 Å². The molecule has 0 saturated carbocycles. The molecule has 0 spiro atoms. The number of thiophene rings is 1. The molecule has 8 nitrogen and oxygen atoms in total. The van der Waals surface area contributed by atoms with Crippen molar-refractivity contribution < 1.29 is 18.1 Å². The van der Waals surface area contributed by atoms with Gasteiger partial charge in [0.05, 0.1) is 22.3 Å². The molecule has 0 unspecified atom stereocenters. The topological polar surface area (TPSA) is 103 Å². The molecule has 0 aliphatic heterocycles. The van der Waals surface area contributed by atoms with Crippen molar-refractivity contribution in [3.05, 3.63) is 81.9 Å². The van der Waals surface area contributed by atoms with Gasteiger partial charge in [-0.1, -0.05) is 29.4 Å². The minimum Gasteiger partial charge on any atom is -0.333 e. The molecule has 0 aliphatic rings. The van der Waals surface area contributed by atoms with Gasteiger partial charge in [-0.3, -0.25) is 14.2 Å². The minimum atomic E-state index is -0.915. The van der Waals surface area contributed by atoms with Gasteiger partial charge in [0.15, 0.2) is 0 Å². The maximum atomic E-state index is 13.8. The average molecular weight is 493 g/mol. The zero-order chi connectivity index (χ0) is 24.7. The summed E-state index contributed by atoms with van der Waals surface area (Å²) in [4.78, 5) is 35.4. The van der Waals surface area contributed by atoms with Gasteiger partial charge in [0.2, 0.25) is 11.7 Å². The van der Waals surface area contributed by atoms with Crippen LogP contribution in [0.5, 0.6) is 0 Å². The molecule has 1 amide bonds. The highest BCUT2D eigenvalue weighted by Gasteiger charge is 2.21. The number of carbonyl (C=O) groups excluding carboxylic acids is 1. The zero-order valence-electron chi connectivity index (χ0n) is 18.5. The molecule has 176 valence electrons. The van der Waals surface area contributed by atoms with Gasteiger partial charge in [-0.2, -0.15) is 4.98 Å². The minimum absolute atomic E-state index is 0.187. The third-order valence-electron chi connectivity index (χ3n) is 5.44. The van der Waals surface area contributed by atoms with Crippen LogP contribution in [0.4, 0.5) is 14.5 Å². The largest absolute Gasteiger partial charge is 0.333 e. The van der Waals surface area contributed by atoms with E-state index in [1.165, 1.54) is 17.7 Å². The molecule has 0 radical (unpaired) electrons. The summed E-state index contributed by atoms with van der Waals surface area (Å²) in [5.41, 5.74) is 1.81. The number of nitrogens with one attached hydrogen (secondary N) is 1. The molecule has 3 heterocycles. The van der Waals surface area contributed by atoms with Crippen LogP contribution in [0.3, 0.4) is 0 Å². The molecule has 5 aromatic rings. The van der Waals surface area contributed by atoms with Crippen LogP contribution in [0, 0.1) is 25.5 Å². The van der Waals surface area contributed by atoms with Crippen molar-refractivity contribution in [2.75, 3.05) is 5.32 Å². The van der Waals surface area contributed by atoms with E-state index in [-0.39, 0.29) is 11.6 Å². The molecule has 2 aromatic carbocycles. The molecule has 1 N–H and O–H groups in total. The van der Waals surface area contributed by atoms with Crippen LogP contribution in [0.1, 0.15) is 11.1 Å². The Morgan fingerprint density at radius 2 is 1.97 bits per heavy atom. The fraction of sp³-hybridized carbons (Fsp3) is 0.125. The second-order valence-electron chi connectivity index (χ2n) is 7.82. The quantitative estimate of drug-likeness (QED) is 0.380. The second kappa shape index (κ2) is 8.84. The zero-order valence-corrected chi connectivity index (χ0v) is 19.3. The molecule has 0 atom stereocenters. The SMILES string of the molecule is Cc1ccccc1-c1noc(-c2sc3ncn(CC(=O)Nc4ccc(F)cc4F)c(=O)c3c2C)n1. The summed E-state index contributed by atoms with van der Waals surface area (Å²) in [5.74, 6) is -1.64. The molecule has 11 heteroatoms. The van der Waals surface area contributed by atoms with Crippen LogP contribution in [0.2, 0.25) is 0 Å². The Labute approximate surface area is 200 Å². The van der Waals surface area contributed by atoms with E-state index >= 15 is 0 Å². The maximum absolute atomic E-state index is 13.8. The third-order valence-corrected chi connectivity index (χ3v) is 6.63. The number of benzene rings is 2. The van der Waals surface area contributed by atoms with Crippen LogP contribution >= 0.6 is 11.3 Å². The molecule has 3 aromatic heterocycles. The number of halogens is 2. The Bertz CT molecular complexity index is 1660. The van der Waals surface area contributed by atoms with Gasteiger partial charge in [0.25, 0.3) is 11.4 Å². The highest BCUT2D eigenvalue weighted by molar-refractivity contribution is 7.22. The first-order valence-corrected chi connectivity index (χ1v) is 11.3. The lowest BCUT2D eigenvalue weighted by Crippen LogP contribution is -2.28.